The van der Waals surface area contributed by atoms with E-state index in [1.165, 1.54) is 19.3 Å². The summed E-state index contributed by atoms with van der Waals surface area (Å²) in [4.78, 5) is 11.3. The van der Waals surface area contributed by atoms with Crippen molar-refractivity contribution in [1.29, 1.82) is 0 Å². The number of ether oxygens (including phenoxy) is 1. The summed E-state index contributed by atoms with van der Waals surface area (Å²) in [5.74, 6) is 2.29. The minimum atomic E-state index is 0.516. The van der Waals surface area contributed by atoms with E-state index < -0.39 is 0 Å². The van der Waals surface area contributed by atoms with Gasteiger partial charge in [0.05, 0.1) is 25.5 Å². The fraction of sp³-hybridized carbons (Fsp3) is 0.625. The second-order valence-corrected chi connectivity index (χ2v) is 5.97. The number of nitrogens with zero attached hydrogens (tertiary/aromatic N) is 3. The number of morpholine rings is 1. The molecule has 2 heterocycles. The molecule has 6 nitrogen and oxygen atoms in total. The van der Waals surface area contributed by atoms with E-state index in [0.29, 0.717) is 12.5 Å². The Labute approximate surface area is 131 Å². The number of nitrogens with one attached hydrogen (secondary N) is 1. The molecule has 3 N–H and O–H groups in total. The number of guanidine groups is 1. The molecule has 0 radical (unpaired) electrons. The van der Waals surface area contributed by atoms with Crippen LogP contribution < -0.4 is 16.0 Å². The molecule has 22 heavy (non-hydrogen) atoms. The van der Waals surface area contributed by atoms with Crippen molar-refractivity contribution >= 4 is 11.8 Å². The summed E-state index contributed by atoms with van der Waals surface area (Å²) in [6.45, 7) is 4.78. The summed E-state index contributed by atoms with van der Waals surface area (Å²) in [5.41, 5.74) is 6.86. The van der Waals surface area contributed by atoms with Gasteiger partial charge in [0.1, 0.15) is 5.82 Å². The van der Waals surface area contributed by atoms with E-state index in [9.17, 15) is 0 Å². The second-order valence-electron chi connectivity index (χ2n) is 5.97. The highest BCUT2D eigenvalue weighted by Gasteiger charge is 2.16. The fourth-order valence-corrected chi connectivity index (χ4v) is 2.69. The molecule has 1 saturated heterocycles. The summed E-state index contributed by atoms with van der Waals surface area (Å²) in [6.07, 6.45) is 3.97. The quantitative estimate of drug-likeness (QED) is 0.630. The maximum Gasteiger partial charge on any atom is 0.188 e. The van der Waals surface area contributed by atoms with Crippen molar-refractivity contribution < 1.29 is 4.74 Å². The van der Waals surface area contributed by atoms with Gasteiger partial charge in [0.25, 0.3) is 0 Å². The minimum absolute atomic E-state index is 0.516. The van der Waals surface area contributed by atoms with Crippen molar-refractivity contribution in [2.24, 2.45) is 16.6 Å². The second kappa shape index (κ2) is 7.45. The number of hydrogen-bond acceptors (Lipinski definition) is 4. The lowest BCUT2D eigenvalue weighted by molar-refractivity contribution is 0.122. The van der Waals surface area contributed by atoms with Gasteiger partial charge < -0.3 is 20.7 Å². The van der Waals surface area contributed by atoms with E-state index in [1.807, 2.05) is 18.2 Å². The highest BCUT2D eigenvalue weighted by Crippen LogP contribution is 2.25. The van der Waals surface area contributed by atoms with Crippen molar-refractivity contribution in [2.75, 3.05) is 37.7 Å². The maximum absolute atomic E-state index is 5.91. The van der Waals surface area contributed by atoms with Crippen LogP contribution >= 0.6 is 0 Å². The smallest absolute Gasteiger partial charge is 0.188 e. The lowest BCUT2D eigenvalue weighted by Gasteiger charge is -2.28. The average molecular weight is 303 g/mol. The molecule has 0 spiro atoms. The number of rotatable bonds is 5. The Kier molecular flexibility index (Phi) is 5.11. The van der Waals surface area contributed by atoms with E-state index in [2.05, 4.69) is 20.2 Å². The molecule has 2 fully saturated rings. The molecule has 0 aromatic carbocycles. The Morgan fingerprint density at radius 2 is 2.18 bits per heavy atom. The van der Waals surface area contributed by atoms with Gasteiger partial charge in [-0.1, -0.05) is 12.5 Å². The third-order valence-corrected chi connectivity index (χ3v) is 4.34. The Hall–Kier alpha value is -1.82. The van der Waals surface area contributed by atoms with Crippen LogP contribution in [0, 0.1) is 5.92 Å². The highest BCUT2D eigenvalue weighted by molar-refractivity contribution is 5.77. The number of pyridine rings is 1. The van der Waals surface area contributed by atoms with Gasteiger partial charge in [0, 0.05) is 19.6 Å². The van der Waals surface area contributed by atoms with Crippen LogP contribution in [0.4, 0.5) is 5.82 Å². The van der Waals surface area contributed by atoms with Crippen LogP contribution in [0.2, 0.25) is 0 Å². The van der Waals surface area contributed by atoms with Gasteiger partial charge in [-0.3, -0.25) is 0 Å². The number of anilines is 1. The average Bonchev–Trinajstić information content (AvgIpc) is 2.53. The number of aromatic nitrogens is 1. The third kappa shape index (κ3) is 4.10. The van der Waals surface area contributed by atoms with Gasteiger partial charge in [-0.05, 0) is 30.9 Å². The molecule has 0 amide bonds. The first-order valence-corrected chi connectivity index (χ1v) is 8.14. The lowest BCUT2D eigenvalue weighted by Crippen LogP contribution is -2.37. The van der Waals surface area contributed by atoms with Gasteiger partial charge in [0.15, 0.2) is 5.96 Å². The normalized spacial score (nSPS) is 19.8. The monoisotopic (exact) mass is 303 g/mol. The molecule has 0 unspecified atom stereocenters. The molecular formula is C16H25N5O. The first kappa shape index (κ1) is 15.1. The molecule has 1 aliphatic carbocycles. The first-order chi connectivity index (χ1) is 10.8. The molecule has 1 saturated carbocycles. The summed E-state index contributed by atoms with van der Waals surface area (Å²) >= 11 is 0. The van der Waals surface area contributed by atoms with E-state index in [-0.39, 0.29) is 0 Å². The summed E-state index contributed by atoms with van der Waals surface area (Å²) < 4.78 is 5.37. The number of aliphatic imine (C=N–C) groups is 1. The van der Waals surface area contributed by atoms with Crippen molar-refractivity contribution in [1.82, 2.24) is 10.3 Å². The molecule has 3 rings (SSSR count). The zero-order valence-corrected chi connectivity index (χ0v) is 13.0. The lowest BCUT2D eigenvalue weighted by atomic mass is 9.85. The molecule has 120 valence electrons. The van der Waals surface area contributed by atoms with Crippen LogP contribution in [-0.2, 0) is 11.3 Å². The van der Waals surface area contributed by atoms with E-state index in [0.717, 1.165) is 50.3 Å². The predicted molar refractivity (Wildman–Crippen MR) is 87.9 cm³/mol. The Balaban J connectivity index is 1.52. The van der Waals surface area contributed by atoms with Crippen molar-refractivity contribution in [2.45, 2.75) is 25.8 Å². The van der Waals surface area contributed by atoms with E-state index in [1.54, 1.807) is 0 Å². The van der Waals surface area contributed by atoms with Gasteiger partial charge in [0.2, 0.25) is 0 Å². The molecule has 1 aromatic rings. The zero-order chi connectivity index (χ0) is 15.2. The summed E-state index contributed by atoms with van der Waals surface area (Å²) in [7, 11) is 0. The van der Waals surface area contributed by atoms with Gasteiger partial charge in [-0.2, -0.15) is 0 Å². The number of hydrogen-bond donors (Lipinski definition) is 2. The zero-order valence-electron chi connectivity index (χ0n) is 13.0. The van der Waals surface area contributed by atoms with E-state index in [4.69, 9.17) is 10.5 Å². The minimum Gasteiger partial charge on any atom is -0.378 e. The largest absolute Gasteiger partial charge is 0.378 e. The van der Waals surface area contributed by atoms with E-state index >= 15 is 0 Å². The van der Waals surface area contributed by atoms with Gasteiger partial charge in [-0.15, -0.1) is 0 Å². The molecule has 0 bridgehead atoms. The first-order valence-electron chi connectivity index (χ1n) is 8.14. The van der Waals surface area contributed by atoms with Crippen LogP contribution in [0.1, 0.15) is 25.0 Å². The highest BCUT2D eigenvalue weighted by atomic mass is 16.5. The molecule has 2 aliphatic rings. The standard InChI is InChI=1S/C16H25N5O/c17-16(18-11-13-3-1-4-13)19-12-14-5-2-6-15(20-14)21-7-9-22-10-8-21/h2,5-6,13H,1,3-4,7-12H2,(H3,17,18,19). The third-order valence-electron chi connectivity index (χ3n) is 4.34. The predicted octanol–water partition coefficient (Wildman–Crippen LogP) is 1.12. The molecule has 1 aromatic heterocycles. The van der Waals surface area contributed by atoms with Gasteiger partial charge >= 0.3 is 0 Å². The Morgan fingerprint density at radius 1 is 1.36 bits per heavy atom. The van der Waals surface area contributed by atoms with Crippen molar-refractivity contribution in [3.8, 4) is 0 Å². The van der Waals surface area contributed by atoms with Crippen LogP contribution in [0.3, 0.4) is 0 Å². The Bertz CT molecular complexity index is 509. The Morgan fingerprint density at radius 3 is 2.91 bits per heavy atom. The molecular weight excluding hydrogens is 278 g/mol. The molecule has 0 atom stereocenters. The SMILES string of the molecule is NC(=NCc1cccc(N2CCOCC2)n1)NCC1CCC1. The maximum atomic E-state index is 5.91. The van der Waals surface area contributed by atoms with Crippen molar-refractivity contribution in [3.05, 3.63) is 23.9 Å². The van der Waals surface area contributed by atoms with Crippen LogP contribution in [0.5, 0.6) is 0 Å². The number of nitrogens with two attached hydrogens (primary N) is 1. The van der Waals surface area contributed by atoms with Crippen molar-refractivity contribution in [3.63, 3.8) is 0 Å². The van der Waals surface area contributed by atoms with Crippen LogP contribution in [0.25, 0.3) is 0 Å². The summed E-state index contributed by atoms with van der Waals surface area (Å²) in [5, 5.41) is 3.21. The molecule has 1 aliphatic heterocycles. The topological polar surface area (TPSA) is 75.8 Å². The van der Waals surface area contributed by atoms with Crippen LogP contribution in [-0.4, -0.2) is 43.8 Å². The fourth-order valence-electron chi connectivity index (χ4n) is 2.69. The van der Waals surface area contributed by atoms with Crippen LogP contribution in [0.15, 0.2) is 23.2 Å². The molecule has 6 heteroatoms. The van der Waals surface area contributed by atoms with Gasteiger partial charge in [-0.25, -0.2) is 9.98 Å². The summed E-state index contributed by atoms with van der Waals surface area (Å²) in [6, 6.07) is 6.06.